The minimum Gasteiger partial charge on any atom is -0.457 e. The van der Waals surface area contributed by atoms with Crippen molar-refractivity contribution in [3.05, 3.63) is 54.1 Å². The molecule has 0 saturated heterocycles. The van der Waals surface area contributed by atoms with Gasteiger partial charge in [-0.15, -0.1) is 0 Å². The normalized spacial score (nSPS) is 10.9. The molecule has 1 heterocycles. The molecule has 0 saturated carbocycles. The second-order valence-electron chi connectivity index (χ2n) is 3.45. The fourth-order valence-electron chi connectivity index (χ4n) is 1.40. The predicted octanol–water partition coefficient (Wildman–Crippen LogP) is 2.58. The lowest BCUT2D eigenvalue weighted by atomic mass is 10.2. The first-order valence-electron chi connectivity index (χ1n) is 4.98. The summed E-state index contributed by atoms with van der Waals surface area (Å²) in [5.74, 6) is 0.151. The van der Waals surface area contributed by atoms with Crippen LogP contribution in [0.1, 0.15) is 5.76 Å². The third-order valence-electron chi connectivity index (χ3n) is 2.15. The van der Waals surface area contributed by atoms with Crippen molar-refractivity contribution in [3.8, 4) is 11.3 Å². The topological polar surface area (TPSA) is 56.2 Å². The summed E-state index contributed by atoms with van der Waals surface area (Å²) in [5.41, 5.74) is 5.60. The van der Waals surface area contributed by atoms with E-state index in [2.05, 4.69) is 0 Å². The quantitative estimate of drug-likeness (QED) is 0.825. The van der Waals surface area contributed by atoms with Gasteiger partial charge in [-0.3, -0.25) is 4.79 Å². The van der Waals surface area contributed by atoms with Crippen LogP contribution in [0.3, 0.4) is 0 Å². The molecule has 86 valence electrons. The van der Waals surface area contributed by atoms with Gasteiger partial charge in [0.1, 0.15) is 17.3 Å². The third-order valence-corrected chi connectivity index (χ3v) is 2.15. The first-order chi connectivity index (χ1) is 8.15. The second kappa shape index (κ2) is 4.65. The predicted molar refractivity (Wildman–Crippen MR) is 62.3 cm³/mol. The van der Waals surface area contributed by atoms with Crippen molar-refractivity contribution >= 4 is 12.0 Å². The van der Waals surface area contributed by atoms with Crippen molar-refractivity contribution in [2.75, 3.05) is 0 Å². The van der Waals surface area contributed by atoms with E-state index < -0.39 is 5.91 Å². The number of primary amides is 1. The summed E-state index contributed by atoms with van der Waals surface area (Å²) in [6, 6.07) is 9.46. The molecule has 1 aromatic heterocycles. The Morgan fingerprint density at radius 3 is 2.82 bits per heavy atom. The summed E-state index contributed by atoms with van der Waals surface area (Å²) in [4.78, 5) is 10.5. The summed E-state index contributed by atoms with van der Waals surface area (Å²) in [6.07, 6.45) is 2.67. The largest absolute Gasteiger partial charge is 0.457 e. The van der Waals surface area contributed by atoms with Crippen LogP contribution in [0.15, 0.2) is 46.9 Å². The SMILES string of the molecule is NC(=O)/C=C\c1ccc(-c2cccc(F)c2)o1. The van der Waals surface area contributed by atoms with E-state index in [9.17, 15) is 9.18 Å². The molecule has 0 spiro atoms. The van der Waals surface area contributed by atoms with E-state index in [1.54, 1.807) is 24.3 Å². The molecule has 1 amide bonds. The molecule has 0 aliphatic carbocycles. The average Bonchev–Trinajstić information content (AvgIpc) is 2.75. The van der Waals surface area contributed by atoms with Gasteiger partial charge in [-0.2, -0.15) is 0 Å². The highest BCUT2D eigenvalue weighted by atomic mass is 19.1. The van der Waals surface area contributed by atoms with Gasteiger partial charge in [0, 0.05) is 11.6 Å². The number of halogens is 1. The summed E-state index contributed by atoms with van der Waals surface area (Å²) in [5, 5.41) is 0. The first kappa shape index (κ1) is 11.1. The highest BCUT2D eigenvalue weighted by molar-refractivity contribution is 5.89. The lowest BCUT2D eigenvalue weighted by Gasteiger charge is -1.96. The van der Waals surface area contributed by atoms with E-state index >= 15 is 0 Å². The molecule has 0 aliphatic rings. The molecule has 0 aliphatic heterocycles. The molecular weight excluding hydrogens is 221 g/mol. The van der Waals surface area contributed by atoms with Gasteiger partial charge >= 0.3 is 0 Å². The van der Waals surface area contributed by atoms with Gasteiger partial charge in [0.2, 0.25) is 5.91 Å². The highest BCUT2D eigenvalue weighted by Gasteiger charge is 2.03. The molecule has 2 rings (SSSR count). The molecule has 2 aromatic rings. The van der Waals surface area contributed by atoms with Crippen LogP contribution < -0.4 is 5.73 Å². The number of furan rings is 1. The summed E-state index contributed by atoms with van der Waals surface area (Å²) in [7, 11) is 0. The minimum atomic E-state index is -0.547. The fraction of sp³-hybridized carbons (Fsp3) is 0. The van der Waals surface area contributed by atoms with Crippen LogP contribution in [0, 0.1) is 5.82 Å². The highest BCUT2D eigenvalue weighted by Crippen LogP contribution is 2.23. The maximum Gasteiger partial charge on any atom is 0.241 e. The molecule has 0 atom stereocenters. The molecule has 4 heteroatoms. The Morgan fingerprint density at radius 1 is 1.29 bits per heavy atom. The van der Waals surface area contributed by atoms with Crippen molar-refractivity contribution in [1.29, 1.82) is 0 Å². The maximum absolute atomic E-state index is 13.0. The number of amides is 1. The van der Waals surface area contributed by atoms with Crippen molar-refractivity contribution in [2.24, 2.45) is 5.73 Å². The molecule has 2 N–H and O–H groups in total. The lowest BCUT2D eigenvalue weighted by Crippen LogP contribution is -2.04. The summed E-state index contributed by atoms with van der Waals surface area (Å²) in [6.45, 7) is 0. The Morgan fingerprint density at radius 2 is 2.12 bits per heavy atom. The molecule has 0 unspecified atom stereocenters. The summed E-state index contributed by atoms with van der Waals surface area (Å²) >= 11 is 0. The Balaban J connectivity index is 2.27. The third kappa shape index (κ3) is 2.81. The van der Waals surface area contributed by atoms with E-state index in [0.717, 1.165) is 0 Å². The standard InChI is InChI=1S/C13H10FNO2/c14-10-3-1-2-9(8-10)12-6-4-11(17-12)5-7-13(15)16/h1-8H,(H2,15,16)/b7-5-. The molecule has 0 radical (unpaired) electrons. The Kier molecular flexibility index (Phi) is 3.05. The zero-order valence-corrected chi connectivity index (χ0v) is 8.89. The number of carbonyl (C=O) groups excluding carboxylic acids is 1. The van der Waals surface area contributed by atoms with E-state index in [0.29, 0.717) is 17.1 Å². The minimum absolute atomic E-state index is 0.326. The van der Waals surface area contributed by atoms with Crippen LogP contribution in [0.2, 0.25) is 0 Å². The van der Waals surface area contributed by atoms with Gasteiger partial charge in [-0.1, -0.05) is 12.1 Å². The number of nitrogens with two attached hydrogens (primary N) is 1. The van der Waals surface area contributed by atoms with Crippen molar-refractivity contribution in [2.45, 2.75) is 0 Å². The van der Waals surface area contributed by atoms with Gasteiger partial charge in [-0.25, -0.2) is 4.39 Å². The molecule has 0 bridgehead atoms. The number of carbonyl (C=O) groups is 1. The van der Waals surface area contributed by atoms with E-state index in [-0.39, 0.29) is 5.82 Å². The maximum atomic E-state index is 13.0. The van der Waals surface area contributed by atoms with Gasteiger partial charge in [0.15, 0.2) is 0 Å². The van der Waals surface area contributed by atoms with E-state index in [4.69, 9.17) is 10.2 Å². The number of hydrogen-bond donors (Lipinski definition) is 1. The Labute approximate surface area is 97.4 Å². The second-order valence-corrected chi connectivity index (χ2v) is 3.45. The van der Waals surface area contributed by atoms with Gasteiger partial charge in [0.25, 0.3) is 0 Å². The van der Waals surface area contributed by atoms with E-state index in [1.165, 1.54) is 24.3 Å². The average molecular weight is 231 g/mol. The number of benzene rings is 1. The molecule has 17 heavy (non-hydrogen) atoms. The van der Waals surface area contributed by atoms with Gasteiger partial charge in [-0.05, 0) is 30.3 Å². The van der Waals surface area contributed by atoms with Crippen molar-refractivity contribution < 1.29 is 13.6 Å². The lowest BCUT2D eigenvalue weighted by molar-refractivity contribution is -0.113. The summed E-state index contributed by atoms with van der Waals surface area (Å²) < 4.78 is 18.4. The van der Waals surface area contributed by atoms with Crippen LogP contribution in [-0.2, 0) is 4.79 Å². The van der Waals surface area contributed by atoms with Crippen molar-refractivity contribution in [3.63, 3.8) is 0 Å². The first-order valence-corrected chi connectivity index (χ1v) is 4.98. The van der Waals surface area contributed by atoms with Crippen LogP contribution in [0.4, 0.5) is 4.39 Å². The van der Waals surface area contributed by atoms with Gasteiger partial charge in [0.05, 0.1) is 0 Å². The number of hydrogen-bond acceptors (Lipinski definition) is 2. The molecule has 3 nitrogen and oxygen atoms in total. The zero-order chi connectivity index (χ0) is 12.3. The zero-order valence-electron chi connectivity index (χ0n) is 8.89. The van der Waals surface area contributed by atoms with Crippen molar-refractivity contribution in [1.82, 2.24) is 0 Å². The van der Waals surface area contributed by atoms with E-state index in [1.807, 2.05) is 0 Å². The van der Waals surface area contributed by atoms with Crippen LogP contribution in [-0.4, -0.2) is 5.91 Å². The monoisotopic (exact) mass is 231 g/mol. The Bertz CT molecular complexity index is 572. The van der Waals surface area contributed by atoms with Crippen LogP contribution in [0.5, 0.6) is 0 Å². The molecular formula is C13H10FNO2. The van der Waals surface area contributed by atoms with Crippen LogP contribution in [0.25, 0.3) is 17.4 Å². The van der Waals surface area contributed by atoms with Gasteiger partial charge < -0.3 is 10.2 Å². The number of rotatable bonds is 3. The fourth-order valence-corrected chi connectivity index (χ4v) is 1.40. The smallest absolute Gasteiger partial charge is 0.241 e. The Hall–Kier alpha value is -2.36. The van der Waals surface area contributed by atoms with Crippen LogP contribution >= 0.6 is 0 Å². The molecule has 1 aromatic carbocycles. The molecule has 0 fully saturated rings.